The fourth-order valence-electron chi connectivity index (χ4n) is 13.9. The molecule has 0 saturated carbocycles. The van der Waals surface area contributed by atoms with E-state index in [1.807, 2.05) is 6.07 Å². The highest BCUT2D eigenvalue weighted by atomic mass is 16.3. The van der Waals surface area contributed by atoms with Gasteiger partial charge in [0.15, 0.2) is 0 Å². The number of hydrogen-bond donors (Lipinski definition) is 0. The Morgan fingerprint density at radius 3 is 1.70 bits per heavy atom. The van der Waals surface area contributed by atoms with Crippen LogP contribution in [0.15, 0.2) is 283 Å². The maximum Gasteiger partial charge on any atom is 0.143 e. The average molecular weight is 1010 g/mol. The molecule has 0 saturated heterocycles. The number of rotatable bonds is 8. The van der Waals surface area contributed by atoms with Crippen LogP contribution < -0.4 is 4.90 Å². The molecule has 0 radical (unpaired) electrons. The number of nitrogens with zero attached hydrogens (tertiary/aromatic N) is 2. The highest BCUT2D eigenvalue weighted by molar-refractivity contribution is 6.11. The van der Waals surface area contributed by atoms with Crippen molar-refractivity contribution in [3.63, 3.8) is 0 Å². The van der Waals surface area contributed by atoms with Crippen molar-refractivity contribution in [2.45, 2.75) is 24.7 Å². The van der Waals surface area contributed by atoms with Gasteiger partial charge < -0.3 is 13.9 Å². The van der Waals surface area contributed by atoms with Gasteiger partial charge in [0.25, 0.3) is 0 Å². The van der Waals surface area contributed by atoms with Crippen LogP contribution in [-0.2, 0) is 10.8 Å². The van der Waals surface area contributed by atoms with E-state index in [9.17, 15) is 0 Å². The van der Waals surface area contributed by atoms with Crippen molar-refractivity contribution < 1.29 is 4.42 Å². The largest absolute Gasteiger partial charge is 0.455 e. The van der Waals surface area contributed by atoms with Gasteiger partial charge in [0.05, 0.1) is 16.4 Å². The Hall–Kier alpha value is -9.96. The topological polar surface area (TPSA) is 21.3 Å². The quantitative estimate of drug-likeness (QED) is 0.151. The van der Waals surface area contributed by atoms with Gasteiger partial charge in [0.2, 0.25) is 0 Å². The number of para-hydroxylation sites is 4. The van der Waals surface area contributed by atoms with E-state index >= 15 is 0 Å². The first-order chi connectivity index (χ1) is 38.9. The number of anilines is 3. The summed E-state index contributed by atoms with van der Waals surface area (Å²) in [6, 6.07) is 103. The zero-order valence-corrected chi connectivity index (χ0v) is 43.9. The lowest BCUT2D eigenvalue weighted by Crippen LogP contribution is -2.28. The Kier molecular flexibility index (Phi) is 9.90. The van der Waals surface area contributed by atoms with Crippen LogP contribution in [0.3, 0.4) is 0 Å². The minimum atomic E-state index is -0.583. The van der Waals surface area contributed by atoms with E-state index in [0.29, 0.717) is 0 Å². The van der Waals surface area contributed by atoms with Gasteiger partial charge in [-0.25, -0.2) is 0 Å². The molecule has 0 aliphatic heterocycles. The van der Waals surface area contributed by atoms with Crippen LogP contribution in [0.2, 0.25) is 0 Å². The van der Waals surface area contributed by atoms with Crippen LogP contribution >= 0.6 is 0 Å². The summed E-state index contributed by atoms with van der Waals surface area (Å²) < 4.78 is 8.93. The molecule has 0 bridgehead atoms. The number of benzene rings is 12. The molecule has 2 aliphatic rings. The molecule has 2 aliphatic carbocycles. The first-order valence-electron chi connectivity index (χ1n) is 27.5. The van der Waals surface area contributed by atoms with Gasteiger partial charge >= 0.3 is 0 Å². The molecular formula is C76H52N2O. The van der Waals surface area contributed by atoms with Crippen molar-refractivity contribution in [3.8, 4) is 50.2 Å². The van der Waals surface area contributed by atoms with Gasteiger partial charge in [-0.1, -0.05) is 220 Å². The van der Waals surface area contributed by atoms with Gasteiger partial charge in [0, 0.05) is 55.3 Å². The number of fused-ring (bicyclic) bond motifs is 12. The van der Waals surface area contributed by atoms with E-state index in [-0.39, 0.29) is 5.41 Å². The summed E-state index contributed by atoms with van der Waals surface area (Å²) >= 11 is 0. The van der Waals surface area contributed by atoms with Gasteiger partial charge in [0.1, 0.15) is 11.2 Å². The van der Waals surface area contributed by atoms with Crippen LogP contribution in [0.5, 0.6) is 0 Å². The molecular weight excluding hydrogens is 957 g/mol. The Morgan fingerprint density at radius 2 is 0.886 bits per heavy atom. The maximum absolute atomic E-state index is 6.55. The van der Waals surface area contributed by atoms with Gasteiger partial charge in [-0.3, -0.25) is 0 Å². The lowest BCUT2D eigenvalue weighted by atomic mass is 9.67. The van der Waals surface area contributed by atoms with E-state index in [4.69, 9.17) is 4.42 Å². The predicted octanol–water partition coefficient (Wildman–Crippen LogP) is 20.2. The third-order valence-corrected chi connectivity index (χ3v) is 17.5. The second kappa shape index (κ2) is 17.3. The van der Waals surface area contributed by atoms with Gasteiger partial charge in [-0.2, -0.15) is 0 Å². The summed E-state index contributed by atoms with van der Waals surface area (Å²) in [6.07, 6.45) is 0. The third kappa shape index (κ3) is 6.66. The highest BCUT2D eigenvalue weighted by Crippen LogP contribution is 2.58. The summed E-state index contributed by atoms with van der Waals surface area (Å²) in [5.41, 5.74) is 25.3. The van der Waals surface area contributed by atoms with E-state index in [1.54, 1.807) is 0 Å². The van der Waals surface area contributed by atoms with Crippen molar-refractivity contribution in [3.05, 3.63) is 312 Å². The SMILES string of the molecule is CC1(C)c2ccccc2-c2ccc(N(c3ccc(-c4ccc5c(c4)c4ccccc4n5-c4ccccc4)cc3)c3ccc4c(c3)-c3ccccc3C4(c3ccccc3)c3ccc(-c4cccc5c4oc4ccccc45)cc3)cc21. The Morgan fingerprint density at radius 1 is 0.329 bits per heavy atom. The lowest BCUT2D eigenvalue weighted by Gasteiger charge is -2.34. The molecule has 0 spiro atoms. The molecule has 372 valence electrons. The molecule has 1 atom stereocenters. The summed E-state index contributed by atoms with van der Waals surface area (Å²) in [4.78, 5) is 2.47. The molecule has 79 heavy (non-hydrogen) atoms. The smallest absolute Gasteiger partial charge is 0.143 e. The molecule has 3 nitrogen and oxygen atoms in total. The van der Waals surface area contributed by atoms with Crippen LogP contribution in [0.25, 0.3) is 93.9 Å². The Bertz CT molecular complexity index is 4740. The van der Waals surface area contributed by atoms with E-state index in [2.05, 4.69) is 296 Å². The van der Waals surface area contributed by atoms with Crippen LogP contribution in [0, 0.1) is 0 Å². The zero-order chi connectivity index (χ0) is 52.4. The van der Waals surface area contributed by atoms with E-state index < -0.39 is 5.41 Å². The lowest BCUT2D eigenvalue weighted by molar-refractivity contribution is 0.660. The number of aromatic nitrogens is 1. The van der Waals surface area contributed by atoms with Gasteiger partial charge in [-0.05, 0) is 145 Å². The second-order valence-corrected chi connectivity index (χ2v) is 22.0. The number of furan rings is 1. The molecule has 12 aromatic carbocycles. The van der Waals surface area contributed by atoms with Crippen LogP contribution in [-0.4, -0.2) is 4.57 Å². The van der Waals surface area contributed by atoms with E-state index in [1.165, 1.54) is 88.6 Å². The molecule has 2 heterocycles. The van der Waals surface area contributed by atoms with Crippen LogP contribution in [0.4, 0.5) is 17.1 Å². The fraction of sp³-hybridized carbons (Fsp3) is 0.0526. The van der Waals surface area contributed by atoms with Crippen LogP contribution in [0.1, 0.15) is 47.2 Å². The second-order valence-electron chi connectivity index (χ2n) is 22.0. The zero-order valence-electron chi connectivity index (χ0n) is 43.9. The van der Waals surface area contributed by atoms with Crippen molar-refractivity contribution in [1.82, 2.24) is 4.57 Å². The third-order valence-electron chi connectivity index (χ3n) is 17.5. The minimum Gasteiger partial charge on any atom is -0.455 e. The monoisotopic (exact) mass is 1010 g/mol. The first-order valence-corrected chi connectivity index (χ1v) is 27.5. The van der Waals surface area contributed by atoms with Gasteiger partial charge in [-0.15, -0.1) is 0 Å². The molecule has 16 rings (SSSR count). The van der Waals surface area contributed by atoms with Crippen molar-refractivity contribution in [2.24, 2.45) is 0 Å². The van der Waals surface area contributed by atoms with Crippen molar-refractivity contribution in [1.29, 1.82) is 0 Å². The minimum absolute atomic E-state index is 0.167. The van der Waals surface area contributed by atoms with Crippen molar-refractivity contribution in [2.75, 3.05) is 4.90 Å². The molecule has 1 unspecified atom stereocenters. The van der Waals surface area contributed by atoms with Crippen molar-refractivity contribution >= 4 is 60.8 Å². The standard InChI is InChI=1S/C76H52N2O/c1-75(2)67-28-13-9-22-59(67)61-43-41-57(48-70(61)75)77(55-39-34-49(35-40-55)51-36-45-72-66(46-51)62-24-11-15-30-71(62)78(72)54-20-7-4-8-21-54)56-42-44-69-65(47-56)60-23-10-14-29-68(60)76(69,52-18-5-3-6-19-52)53-37-32-50(33-38-53)58-26-17-27-64-63-25-12-16-31-73(63)79-74(58)64/h3-48H,1-2H3. The summed E-state index contributed by atoms with van der Waals surface area (Å²) in [5, 5.41) is 4.76. The normalized spacial score (nSPS) is 14.9. The molecule has 0 N–H and O–H groups in total. The summed E-state index contributed by atoms with van der Waals surface area (Å²) in [7, 11) is 0. The molecule has 0 amide bonds. The Balaban J connectivity index is 0.849. The first kappa shape index (κ1) is 45.3. The molecule has 2 aromatic heterocycles. The summed E-state index contributed by atoms with van der Waals surface area (Å²) in [6.45, 7) is 4.74. The molecule has 14 aromatic rings. The molecule has 0 fully saturated rings. The van der Waals surface area contributed by atoms with E-state index in [0.717, 1.165) is 55.8 Å². The highest BCUT2D eigenvalue weighted by Gasteiger charge is 2.46. The molecule has 3 heteroatoms. The fourth-order valence-corrected chi connectivity index (χ4v) is 13.9. The maximum atomic E-state index is 6.55. The predicted molar refractivity (Wildman–Crippen MR) is 328 cm³/mol. The Labute approximate surface area is 459 Å². The number of hydrogen-bond acceptors (Lipinski definition) is 2. The summed E-state index contributed by atoms with van der Waals surface area (Å²) in [5.74, 6) is 0. The average Bonchev–Trinajstić information content (AvgIpc) is 4.42.